The normalized spacial score (nSPS) is 19.8. The van der Waals surface area contributed by atoms with Crippen molar-refractivity contribution < 1.29 is 13.8 Å². The first-order chi connectivity index (χ1) is 13.8. The third-order valence-electron chi connectivity index (χ3n) is 6.10. The van der Waals surface area contributed by atoms with Crippen molar-refractivity contribution in [3.63, 3.8) is 0 Å². The van der Waals surface area contributed by atoms with Gasteiger partial charge in [-0.2, -0.15) is 0 Å². The molecule has 1 spiro atoms. The average molecular weight is 390 g/mol. The molecule has 2 aliphatic carbocycles. The highest BCUT2D eigenvalue weighted by Gasteiger charge is 2.48. The number of methoxy groups -OCH3 is 1. The maximum absolute atomic E-state index is 6.19. The van der Waals surface area contributed by atoms with Gasteiger partial charge in [-0.15, -0.1) is 0 Å². The van der Waals surface area contributed by atoms with Crippen LogP contribution in [-0.4, -0.2) is 7.11 Å². The van der Waals surface area contributed by atoms with Crippen LogP contribution >= 0.6 is 9.03 Å². The SMILES string of the molecule is COc1cccc2c1[C@]1(CC2)CCc2cccc(OPOc3ccccc3)c21. The summed E-state index contributed by atoms with van der Waals surface area (Å²) in [5, 5.41) is 0. The molecule has 3 nitrogen and oxygen atoms in total. The minimum atomic E-state index is -0.0709. The highest BCUT2D eigenvalue weighted by Crippen LogP contribution is 2.57. The van der Waals surface area contributed by atoms with Crippen LogP contribution in [0.4, 0.5) is 0 Å². The predicted molar refractivity (Wildman–Crippen MR) is 113 cm³/mol. The molecule has 4 heteroatoms. The Labute approximate surface area is 167 Å². The lowest BCUT2D eigenvalue weighted by Gasteiger charge is -2.29. The van der Waals surface area contributed by atoms with Gasteiger partial charge in [-0.1, -0.05) is 42.5 Å². The van der Waals surface area contributed by atoms with E-state index in [0.717, 1.165) is 42.9 Å². The number of hydrogen-bond acceptors (Lipinski definition) is 3. The van der Waals surface area contributed by atoms with Crippen molar-refractivity contribution in [2.75, 3.05) is 7.11 Å². The Kier molecular flexibility index (Phi) is 4.49. The van der Waals surface area contributed by atoms with E-state index in [2.05, 4.69) is 36.4 Å². The van der Waals surface area contributed by atoms with Crippen LogP contribution in [0.15, 0.2) is 66.7 Å². The first-order valence-corrected chi connectivity index (χ1v) is 10.6. The lowest BCUT2D eigenvalue weighted by molar-refractivity contribution is 0.392. The molecule has 142 valence electrons. The molecule has 0 amide bonds. The summed E-state index contributed by atoms with van der Waals surface area (Å²) < 4.78 is 17.8. The van der Waals surface area contributed by atoms with Gasteiger partial charge < -0.3 is 13.8 Å². The van der Waals surface area contributed by atoms with Crippen LogP contribution in [0.25, 0.3) is 0 Å². The summed E-state index contributed by atoms with van der Waals surface area (Å²) >= 11 is 0. The molecular weight excluding hydrogens is 367 g/mol. The molecule has 0 aromatic heterocycles. The molecule has 0 heterocycles. The molecule has 2 atom stereocenters. The summed E-state index contributed by atoms with van der Waals surface area (Å²) in [7, 11) is 1.70. The van der Waals surface area contributed by atoms with E-state index in [1.165, 1.54) is 22.3 Å². The summed E-state index contributed by atoms with van der Waals surface area (Å²) in [6, 6.07) is 22.7. The Bertz CT molecular complexity index is 998. The van der Waals surface area contributed by atoms with Gasteiger partial charge in [0.25, 0.3) is 9.03 Å². The summed E-state index contributed by atoms with van der Waals surface area (Å²) in [5.74, 6) is 2.78. The van der Waals surface area contributed by atoms with Crippen molar-refractivity contribution in [3.8, 4) is 17.2 Å². The molecule has 3 aromatic carbocycles. The van der Waals surface area contributed by atoms with Crippen molar-refractivity contribution in [1.82, 2.24) is 0 Å². The van der Waals surface area contributed by atoms with Gasteiger partial charge in [0.2, 0.25) is 0 Å². The van der Waals surface area contributed by atoms with Crippen molar-refractivity contribution in [3.05, 3.63) is 89.0 Å². The second-order valence-electron chi connectivity index (χ2n) is 7.47. The second-order valence-corrected chi connectivity index (χ2v) is 8.04. The topological polar surface area (TPSA) is 27.7 Å². The maximum Gasteiger partial charge on any atom is 0.275 e. The molecule has 0 fully saturated rings. The van der Waals surface area contributed by atoms with Gasteiger partial charge in [-0.3, -0.25) is 0 Å². The van der Waals surface area contributed by atoms with E-state index in [4.69, 9.17) is 13.8 Å². The van der Waals surface area contributed by atoms with E-state index in [1.807, 2.05) is 30.3 Å². The van der Waals surface area contributed by atoms with Crippen molar-refractivity contribution in [2.45, 2.75) is 31.1 Å². The van der Waals surface area contributed by atoms with E-state index < -0.39 is 0 Å². The van der Waals surface area contributed by atoms with Gasteiger partial charge in [0.15, 0.2) is 0 Å². The van der Waals surface area contributed by atoms with E-state index in [0.29, 0.717) is 0 Å². The van der Waals surface area contributed by atoms with Crippen LogP contribution in [0.5, 0.6) is 17.2 Å². The first kappa shape index (κ1) is 17.6. The number of aryl methyl sites for hydroxylation is 2. The summed E-state index contributed by atoms with van der Waals surface area (Å²) in [5.41, 5.74) is 5.48. The van der Waals surface area contributed by atoms with E-state index in [-0.39, 0.29) is 14.4 Å². The highest BCUT2D eigenvalue weighted by molar-refractivity contribution is 7.27. The van der Waals surface area contributed by atoms with Gasteiger partial charge in [0.1, 0.15) is 17.2 Å². The Balaban J connectivity index is 1.50. The van der Waals surface area contributed by atoms with Crippen LogP contribution in [0.2, 0.25) is 0 Å². The molecule has 28 heavy (non-hydrogen) atoms. The first-order valence-electron chi connectivity index (χ1n) is 9.74. The Morgan fingerprint density at radius 1 is 0.714 bits per heavy atom. The quantitative estimate of drug-likeness (QED) is 0.512. The van der Waals surface area contributed by atoms with Gasteiger partial charge in [-0.05, 0) is 61.1 Å². The molecule has 0 N–H and O–H groups in total. The lowest BCUT2D eigenvalue weighted by atomic mass is 9.76. The van der Waals surface area contributed by atoms with Gasteiger partial charge in [0, 0.05) is 16.5 Å². The van der Waals surface area contributed by atoms with Crippen LogP contribution in [0, 0.1) is 0 Å². The molecular formula is C24H23O3P. The second kappa shape index (κ2) is 7.14. The zero-order chi connectivity index (χ0) is 19.0. The molecule has 0 saturated heterocycles. The number of fused-ring (bicyclic) bond motifs is 4. The number of rotatable bonds is 5. The zero-order valence-electron chi connectivity index (χ0n) is 15.9. The van der Waals surface area contributed by atoms with Crippen LogP contribution in [-0.2, 0) is 18.3 Å². The standard InChI is InChI=1S/C24H23O3P/c1-25-20-11-5-7-17-13-15-24(22(17)20)16-14-18-8-6-12-21(23(18)24)27-28-26-19-9-3-2-4-10-19/h2-12,28H,13-16H2,1H3/t24-/m0/s1. The summed E-state index contributed by atoms with van der Waals surface area (Å²) in [4.78, 5) is 0. The fourth-order valence-electron chi connectivity index (χ4n) is 4.96. The largest absolute Gasteiger partial charge is 0.496 e. The Hall–Kier alpha value is -2.51. The molecule has 0 saturated carbocycles. The molecule has 0 radical (unpaired) electrons. The van der Waals surface area contributed by atoms with Crippen molar-refractivity contribution >= 4 is 9.03 Å². The van der Waals surface area contributed by atoms with E-state index in [9.17, 15) is 0 Å². The maximum atomic E-state index is 6.19. The summed E-state index contributed by atoms with van der Waals surface area (Å²) in [6.45, 7) is 0. The van der Waals surface area contributed by atoms with E-state index >= 15 is 0 Å². The van der Waals surface area contributed by atoms with Gasteiger partial charge >= 0.3 is 0 Å². The average Bonchev–Trinajstić information content (AvgIpc) is 3.32. The third-order valence-corrected chi connectivity index (χ3v) is 6.72. The minimum absolute atomic E-state index is 0.00884. The minimum Gasteiger partial charge on any atom is -0.496 e. The Morgan fingerprint density at radius 2 is 1.36 bits per heavy atom. The monoisotopic (exact) mass is 390 g/mol. The predicted octanol–water partition coefficient (Wildman–Crippen LogP) is 5.84. The fourth-order valence-corrected chi connectivity index (χ4v) is 5.49. The molecule has 0 aliphatic heterocycles. The molecule has 2 aliphatic rings. The molecule has 5 rings (SSSR count). The smallest absolute Gasteiger partial charge is 0.275 e. The number of benzene rings is 3. The zero-order valence-corrected chi connectivity index (χ0v) is 16.9. The lowest BCUT2D eigenvalue weighted by Crippen LogP contribution is -2.22. The van der Waals surface area contributed by atoms with Crippen LogP contribution in [0.3, 0.4) is 0 Å². The highest BCUT2D eigenvalue weighted by atomic mass is 31.1. The van der Waals surface area contributed by atoms with Crippen molar-refractivity contribution in [1.29, 1.82) is 0 Å². The molecule has 0 bridgehead atoms. The van der Waals surface area contributed by atoms with Crippen LogP contribution in [0.1, 0.15) is 35.1 Å². The fraction of sp³-hybridized carbons (Fsp3) is 0.250. The van der Waals surface area contributed by atoms with Crippen molar-refractivity contribution in [2.24, 2.45) is 0 Å². The molecule has 1 unspecified atom stereocenters. The number of para-hydroxylation sites is 1. The third kappa shape index (κ3) is 2.77. The number of hydrogen-bond donors (Lipinski definition) is 0. The van der Waals surface area contributed by atoms with E-state index in [1.54, 1.807) is 7.11 Å². The summed E-state index contributed by atoms with van der Waals surface area (Å²) in [6.07, 6.45) is 4.38. The Morgan fingerprint density at radius 3 is 2.04 bits per heavy atom. The van der Waals surface area contributed by atoms with Gasteiger partial charge in [-0.25, -0.2) is 0 Å². The van der Waals surface area contributed by atoms with Crippen LogP contribution < -0.4 is 13.8 Å². The number of ether oxygens (including phenoxy) is 1. The molecule has 3 aromatic rings. The van der Waals surface area contributed by atoms with Gasteiger partial charge in [0.05, 0.1) is 7.11 Å².